The molecule has 23 heteroatoms. The zero-order valence-electron chi connectivity index (χ0n) is 21.4. The van der Waals surface area contributed by atoms with Crippen LogP contribution in [0.2, 0.25) is 0 Å². The number of hydrogen-bond acceptors (Lipinski definition) is 5. The number of carbonyl (C=O) groups is 2. The quantitative estimate of drug-likeness (QED) is 0.150. The van der Waals surface area contributed by atoms with Crippen LogP contribution in [0, 0.1) is 0 Å². The number of para-hydroxylation sites is 1. The third kappa shape index (κ3) is 8.50. The number of rotatable bonds is 15. The normalized spacial score (nSPS) is 15.0. The largest absolute Gasteiger partial charge is 0.465 e. The van der Waals surface area contributed by atoms with Crippen molar-refractivity contribution in [3.63, 3.8) is 0 Å². The minimum Gasteiger partial charge on any atom is -0.465 e. The number of hydrogen-bond donors (Lipinski definition) is 1. The monoisotopic (exact) mass is 701 g/mol. The molecule has 260 valence electrons. The summed E-state index contributed by atoms with van der Waals surface area (Å²) in [7, 11) is 0. The zero-order valence-corrected chi connectivity index (χ0v) is 21.4. The van der Waals surface area contributed by atoms with Gasteiger partial charge in [-0.15, -0.1) is 0 Å². The predicted octanol–water partition coefficient (Wildman–Crippen LogP) is 7.66. The van der Waals surface area contributed by atoms with Crippen molar-refractivity contribution in [2.45, 2.75) is 73.2 Å². The highest BCUT2D eigenvalue weighted by Crippen LogP contribution is 2.55. The second-order valence-corrected chi connectivity index (χ2v) is 8.86. The molecule has 0 aliphatic heterocycles. The van der Waals surface area contributed by atoms with Gasteiger partial charge in [0.2, 0.25) is 0 Å². The SMILES string of the molecule is O=C(CC(Nc1ccccc1)C(=O)OCCC(F)(F)C(F)(F)C(F)(F)C(F)(F)F)OCCC(F)(F)C(F)(F)C(F)(F)C(F)(F)F. The van der Waals surface area contributed by atoms with E-state index in [1.54, 1.807) is 0 Å². The third-order valence-electron chi connectivity index (χ3n) is 5.53. The molecular formula is C22H17F18NO4. The van der Waals surface area contributed by atoms with Gasteiger partial charge in [-0.2, -0.15) is 79.0 Å². The lowest BCUT2D eigenvalue weighted by molar-refractivity contribution is -0.397. The van der Waals surface area contributed by atoms with Crippen molar-refractivity contribution < 1.29 is 98.1 Å². The zero-order chi connectivity index (χ0) is 35.5. The number of esters is 2. The van der Waals surface area contributed by atoms with Crippen LogP contribution in [0.5, 0.6) is 0 Å². The minimum absolute atomic E-state index is 0.144. The molecule has 0 spiro atoms. The first-order valence-corrected chi connectivity index (χ1v) is 11.5. The first kappa shape index (κ1) is 39.7. The Morgan fingerprint density at radius 3 is 1.33 bits per heavy atom. The molecule has 1 aromatic carbocycles. The summed E-state index contributed by atoms with van der Waals surface area (Å²) in [5, 5.41) is 2.13. The molecule has 0 heterocycles. The van der Waals surface area contributed by atoms with E-state index in [4.69, 9.17) is 0 Å². The smallest absolute Gasteiger partial charge is 0.460 e. The molecule has 0 saturated carbocycles. The Balaban J connectivity index is 2.98. The van der Waals surface area contributed by atoms with Gasteiger partial charge in [0.15, 0.2) is 0 Å². The Morgan fingerprint density at radius 1 is 0.578 bits per heavy atom. The molecule has 0 fully saturated rings. The molecule has 5 nitrogen and oxygen atoms in total. The van der Waals surface area contributed by atoms with Gasteiger partial charge in [-0.25, -0.2) is 4.79 Å². The van der Waals surface area contributed by atoms with Crippen LogP contribution in [0.3, 0.4) is 0 Å². The average Bonchev–Trinajstić information content (AvgIpc) is 2.86. The van der Waals surface area contributed by atoms with Crippen LogP contribution < -0.4 is 5.32 Å². The van der Waals surface area contributed by atoms with Crippen LogP contribution in [-0.2, 0) is 19.1 Å². The van der Waals surface area contributed by atoms with Crippen LogP contribution in [0.25, 0.3) is 0 Å². The number of carbonyl (C=O) groups excluding carboxylic acids is 2. The molecule has 1 aromatic rings. The van der Waals surface area contributed by atoms with Gasteiger partial charge in [0.25, 0.3) is 0 Å². The number of benzene rings is 1. The van der Waals surface area contributed by atoms with Gasteiger partial charge in [0.05, 0.1) is 32.5 Å². The first-order chi connectivity index (χ1) is 20.0. The van der Waals surface area contributed by atoms with Gasteiger partial charge in [-0.1, -0.05) is 18.2 Å². The molecule has 0 saturated heterocycles. The van der Waals surface area contributed by atoms with E-state index >= 15 is 0 Å². The fraction of sp³-hybridized carbons (Fsp3) is 0.636. The highest BCUT2D eigenvalue weighted by molar-refractivity contribution is 5.85. The number of halogens is 18. The van der Waals surface area contributed by atoms with Crippen molar-refractivity contribution in [2.24, 2.45) is 0 Å². The van der Waals surface area contributed by atoms with E-state index in [0.717, 1.165) is 12.1 Å². The fourth-order valence-corrected chi connectivity index (χ4v) is 2.96. The van der Waals surface area contributed by atoms with E-state index in [1.807, 2.05) is 0 Å². The second-order valence-electron chi connectivity index (χ2n) is 8.86. The van der Waals surface area contributed by atoms with Gasteiger partial charge in [0, 0.05) is 5.69 Å². The molecule has 0 bridgehead atoms. The maximum atomic E-state index is 13.7. The van der Waals surface area contributed by atoms with Crippen molar-refractivity contribution in [3.8, 4) is 0 Å². The topological polar surface area (TPSA) is 64.6 Å². The van der Waals surface area contributed by atoms with Gasteiger partial charge in [-0.3, -0.25) is 4.79 Å². The lowest BCUT2D eigenvalue weighted by atomic mass is 10.0. The number of ether oxygens (including phenoxy) is 2. The molecular weight excluding hydrogens is 684 g/mol. The van der Waals surface area contributed by atoms with Crippen molar-refractivity contribution in [3.05, 3.63) is 30.3 Å². The average molecular weight is 701 g/mol. The van der Waals surface area contributed by atoms with Crippen LogP contribution in [-0.4, -0.2) is 79.1 Å². The van der Waals surface area contributed by atoms with Crippen molar-refractivity contribution >= 4 is 17.6 Å². The summed E-state index contributed by atoms with van der Waals surface area (Å²) in [4.78, 5) is 24.3. The maximum Gasteiger partial charge on any atom is 0.460 e. The molecule has 1 atom stereocenters. The Kier molecular flexibility index (Phi) is 11.7. The first-order valence-electron chi connectivity index (χ1n) is 11.5. The maximum absolute atomic E-state index is 13.7. The van der Waals surface area contributed by atoms with Gasteiger partial charge < -0.3 is 14.8 Å². The second kappa shape index (κ2) is 13.2. The predicted molar refractivity (Wildman–Crippen MR) is 111 cm³/mol. The molecule has 1 rings (SSSR count). The standard InChI is InChI=1S/C22H17F18NO4/c23-15(24,17(27,28)19(31,32)21(35,36)37)6-8-44-13(42)10-12(41-11-4-2-1-3-5-11)14(43)45-9-7-16(25,26)18(29,30)20(33,34)22(38,39)40/h1-5,12,41H,6-10H2. The van der Waals surface area contributed by atoms with Crippen LogP contribution in [0.1, 0.15) is 19.3 Å². The molecule has 0 aliphatic rings. The Labute approximate surface area is 238 Å². The van der Waals surface area contributed by atoms with E-state index in [1.165, 1.54) is 18.2 Å². The molecule has 1 unspecified atom stereocenters. The Bertz CT molecular complexity index is 1150. The molecule has 0 aromatic heterocycles. The number of anilines is 1. The summed E-state index contributed by atoms with van der Waals surface area (Å²) in [6.45, 7) is -3.97. The Hall–Kier alpha value is -3.30. The highest BCUT2D eigenvalue weighted by atomic mass is 19.4. The van der Waals surface area contributed by atoms with Crippen LogP contribution in [0.15, 0.2) is 30.3 Å². The number of alkyl halides is 18. The van der Waals surface area contributed by atoms with E-state index < -0.39 is 98.3 Å². The van der Waals surface area contributed by atoms with Crippen molar-refractivity contribution in [1.82, 2.24) is 0 Å². The van der Waals surface area contributed by atoms with Gasteiger partial charge in [0.1, 0.15) is 6.04 Å². The lowest BCUT2D eigenvalue weighted by Gasteiger charge is -2.33. The summed E-state index contributed by atoms with van der Waals surface area (Å²) in [6.07, 6.45) is -21.0. The summed E-state index contributed by atoms with van der Waals surface area (Å²) >= 11 is 0. The van der Waals surface area contributed by atoms with Crippen molar-refractivity contribution in [1.29, 1.82) is 0 Å². The van der Waals surface area contributed by atoms with Gasteiger partial charge >= 0.3 is 59.8 Å². The van der Waals surface area contributed by atoms with Gasteiger partial charge in [-0.05, 0) is 12.1 Å². The molecule has 0 aliphatic carbocycles. The summed E-state index contributed by atoms with van der Waals surface area (Å²) in [5.74, 6) is -44.7. The molecule has 0 radical (unpaired) electrons. The Morgan fingerprint density at radius 2 is 0.956 bits per heavy atom. The van der Waals surface area contributed by atoms with Crippen LogP contribution in [0.4, 0.5) is 84.7 Å². The summed E-state index contributed by atoms with van der Waals surface area (Å²) in [5.41, 5.74) is -0.144. The fourth-order valence-electron chi connectivity index (χ4n) is 2.96. The molecule has 1 N–H and O–H groups in total. The minimum atomic E-state index is -7.25. The number of nitrogens with one attached hydrogen (secondary N) is 1. The highest BCUT2D eigenvalue weighted by Gasteiger charge is 2.82. The summed E-state index contributed by atoms with van der Waals surface area (Å²) < 4.78 is 241. The van der Waals surface area contributed by atoms with E-state index in [9.17, 15) is 88.6 Å². The van der Waals surface area contributed by atoms with Crippen molar-refractivity contribution in [2.75, 3.05) is 18.5 Å². The summed E-state index contributed by atoms with van der Waals surface area (Å²) in [6, 6.07) is 3.93. The third-order valence-corrected chi connectivity index (χ3v) is 5.53. The van der Waals surface area contributed by atoms with E-state index in [-0.39, 0.29) is 5.69 Å². The molecule has 0 amide bonds. The van der Waals surface area contributed by atoms with Crippen LogP contribution >= 0.6 is 0 Å². The van der Waals surface area contributed by atoms with E-state index in [0.29, 0.717) is 0 Å². The van der Waals surface area contributed by atoms with E-state index in [2.05, 4.69) is 14.8 Å². The lowest BCUT2D eigenvalue weighted by Crippen LogP contribution is -2.61. The molecule has 45 heavy (non-hydrogen) atoms.